The maximum absolute atomic E-state index is 2.47. The molecule has 1 saturated carbocycles. The molecule has 0 aliphatic heterocycles. The van der Waals surface area contributed by atoms with E-state index in [0.29, 0.717) is 5.66 Å². The second-order valence-electron chi connectivity index (χ2n) is 10.7. The maximum Gasteiger partial charge on any atom is 0.0125 e. The number of benzene rings is 2. The highest BCUT2D eigenvalue weighted by atomic mass is 31.1. The Morgan fingerprint density at radius 1 is 0.677 bits per heavy atom. The molecule has 1 atom stereocenters. The smallest absolute Gasteiger partial charge is 0.0125 e. The fourth-order valence-electron chi connectivity index (χ4n) is 5.06. The number of hydrogen-bond acceptors (Lipinski definition) is 0. The number of hydrogen-bond donors (Lipinski definition) is 0. The van der Waals surface area contributed by atoms with Crippen LogP contribution in [0.2, 0.25) is 0 Å². The predicted molar refractivity (Wildman–Crippen MR) is 144 cm³/mol. The van der Waals surface area contributed by atoms with Gasteiger partial charge in [0.05, 0.1) is 0 Å². The van der Waals surface area contributed by atoms with Crippen LogP contribution in [0.3, 0.4) is 0 Å². The second kappa shape index (κ2) is 9.65. The SMILES string of the molecule is Cc1ccccc1P(c1ccccc1C)C(C)[C]1[CH][CH][CH][C]1P(C(C)(C)C)C(C)(C)C. The standard InChI is InChI=1S/C29H39P2/c1-21-15-10-12-18-25(21)30(26-19-13-11-16-22(26)2)23(3)24-17-14-20-27(24)31(28(4,5)6)29(7,8)9/h10-20,23H,1-9H3. The Hall–Kier alpha value is -0.700. The fraction of sp³-hybridized carbons (Fsp3) is 0.414. The molecule has 1 aliphatic rings. The molecule has 0 spiro atoms. The van der Waals surface area contributed by atoms with E-state index >= 15 is 0 Å². The Kier molecular flexibility index (Phi) is 7.77. The molecule has 5 radical (unpaired) electrons. The van der Waals surface area contributed by atoms with Crippen LogP contribution in [0.1, 0.15) is 59.6 Å². The molecule has 31 heavy (non-hydrogen) atoms. The molecule has 1 fully saturated rings. The van der Waals surface area contributed by atoms with Crippen LogP contribution < -0.4 is 10.6 Å². The lowest BCUT2D eigenvalue weighted by atomic mass is 10.0. The van der Waals surface area contributed by atoms with Gasteiger partial charge in [-0.05, 0) is 84.7 Å². The van der Waals surface area contributed by atoms with E-state index in [2.05, 4.69) is 130 Å². The number of aryl methyl sites for hydroxylation is 2. The van der Waals surface area contributed by atoms with E-state index in [1.54, 1.807) is 11.6 Å². The molecule has 0 heterocycles. The van der Waals surface area contributed by atoms with Crippen LogP contribution in [0.25, 0.3) is 0 Å². The molecule has 2 aromatic rings. The Balaban J connectivity index is 2.08. The lowest BCUT2D eigenvalue weighted by Gasteiger charge is -2.48. The van der Waals surface area contributed by atoms with Crippen LogP contribution in [0, 0.1) is 44.7 Å². The number of rotatable bonds is 5. The third-order valence-corrected chi connectivity index (χ3v) is 12.7. The van der Waals surface area contributed by atoms with Crippen LogP contribution in [0.4, 0.5) is 0 Å². The predicted octanol–water partition coefficient (Wildman–Crippen LogP) is 7.94. The van der Waals surface area contributed by atoms with Crippen LogP contribution in [-0.4, -0.2) is 16.0 Å². The zero-order valence-electron chi connectivity index (χ0n) is 20.8. The summed E-state index contributed by atoms with van der Waals surface area (Å²) < 4.78 is 0. The molecule has 0 aromatic heterocycles. The second-order valence-corrected chi connectivity index (χ2v) is 17.0. The summed E-state index contributed by atoms with van der Waals surface area (Å²) in [6.07, 6.45) is 7.15. The van der Waals surface area contributed by atoms with E-state index in [0.717, 1.165) is 0 Å². The third kappa shape index (κ3) is 5.45. The van der Waals surface area contributed by atoms with Gasteiger partial charge in [0.1, 0.15) is 0 Å². The van der Waals surface area contributed by atoms with Gasteiger partial charge in [0.15, 0.2) is 0 Å². The largest absolute Gasteiger partial charge is 0.0874 e. The van der Waals surface area contributed by atoms with Crippen molar-refractivity contribution in [3.63, 3.8) is 0 Å². The first-order chi connectivity index (χ1) is 14.4. The third-order valence-electron chi connectivity index (χ3n) is 6.00. The normalized spacial score (nSPS) is 17.6. The van der Waals surface area contributed by atoms with Crippen molar-refractivity contribution in [2.75, 3.05) is 0 Å². The molecule has 0 N–H and O–H groups in total. The summed E-state index contributed by atoms with van der Waals surface area (Å²) in [6.45, 7) is 21.6. The van der Waals surface area contributed by atoms with Gasteiger partial charge in [-0.2, -0.15) is 0 Å². The molecule has 165 valence electrons. The highest BCUT2D eigenvalue weighted by molar-refractivity contribution is 7.74. The van der Waals surface area contributed by atoms with Crippen molar-refractivity contribution in [2.24, 2.45) is 0 Å². The van der Waals surface area contributed by atoms with Gasteiger partial charge < -0.3 is 0 Å². The molecule has 3 rings (SSSR count). The first kappa shape index (κ1) is 24.9. The summed E-state index contributed by atoms with van der Waals surface area (Å²) in [7, 11) is -0.828. The van der Waals surface area contributed by atoms with E-state index in [4.69, 9.17) is 0 Å². The van der Waals surface area contributed by atoms with Crippen LogP contribution in [0.15, 0.2) is 48.5 Å². The fourth-order valence-corrected chi connectivity index (χ4v) is 12.4. The van der Waals surface area contributed by atoms with Crippen molar-refractivity contribution in [1.82, 2.24) is 0 Å². The van der Waals surface area contributed by atoms with Crippen molar-refractivity contribution in [1.29, 1.82) is 0 Å². The van der Waals surface area contributed by atoms with Gasteiger partial charge in [-0.1, -0.05) is 105 Å². The van der Waals surface area contributed by atoms with Crippen molar-refractivity contribution in [2.45, 2.75) is 78.3 Å². The summed E-state index contributed by atoms with van der Waals surface area (Å²) in [5.74, 6) is 1.56. The van der Waals surface area contributed by atoms with Crippen molar-refractivity contribution in [3.8, 4) is 0 Å². The van der Waals surface area contributed by atoms with Crippen molar-refractivity contribution in [3.05, 3.63) is 90.5 Å². The first-order valence-electron chi connectivity index (χ1n) is 11.4. The Labute approximate surface area is 195 Å². The van der Waals surface area contributed by atoms with E-state index in [-0.39, 0.29) is 18.2 Å². The molecular formula is C29H39P2. The summed E-state index contributed by atoms with van der Waals surface area (Å²) in [4.78, 5) is 0. The van der Waals surface area contributed by atoms with Crippen LogP contribution >= 0.6 is 15.8 Å². The van der Waals surface area contributed by atoms with Gasteiger partial charge in [-0.3, -0.25) is 0 Å². The summed E-state index contributed by atoms with van der Waals surface area (Å²) in [6, 6.07) is 18.0. The molecule has 0 nitrogen and oxygen atoms in total. The van der Waals surface area contributed by atoms with Gasteiger partial charge >= 0.3 is 0 Å². The van der Waals surface area contributed by atoms with Gasteiger partial charge in [0.2, 0.25) is 0 Å². The molecular weight excluding hydrogens is 410 g/mol. The zero-order chi connectivity index (χ0) is 23.0. The Morgan fingerprint density at radius 2 is 1.13 bits per heavy atom. The van der Waals surface area contributed by atoms with Crippen molar-refractivity contribution < 1.29 is 0 Å². The zero-order valence-corrected chi connectivity index (χ0v) is 22.6. The monoisotopic (exact) mass is 449 g/mol. The minimum atomic E-state index is -0.507. The van der Waals surface area contributed by atoms with E-state index < -0.39 is 7.92 Å². The van der Waals surface area contributed by atoms with Crippen LogP contribution in [0.5, 0.6) is 0 Å². The van der Waals surface area contributed by atoms with Gasteiger partial charge in [-0.15, -0.1) is 0 Å². The van der Waals surface area contributed by atoms with Crippen molar-refractivity contribution >= 4 is 26.5 Å². The van der Waals surface area contributed by atoms with E-state index in [9.17, 15) is 0 Å². The highest BCUT2D eigenvalue weighted by Gasteiger charge is 2.48. The average molecular weight is 450 g/mol. The van der Waals surface area contributed by atoms with E-state index in [1.165, 1.54) is 21.7 Å². The lowest BCUT2D eigenvalue weighted by Crippen LogP contribution is -2.33. The molecule has 1 aliphatic carbocycles. The molecule has 0 amide bonds. The summed E-state index contributed by atoms with van der Waals surface area (Å²) in [5, 5.41) is 3.57. The van der Waals surface area contributed by atoms with Gasteiger partial charge in [0, 0.05) is 5.66 Å². The topological polar surface area (TPSA) is 0 Å². The molecule has 0 saturated heterocycles. The van der Waals surface area contributed by atoms with Gasteiger partial charge in [-0.25, -0.2) is 0 Å². The molecule has 1 unspecified atom stereocenters. The average Bonchev–Trinajstić information content (AvgIpc) is 3.11. The molecule has 0 bridgehead atoms. The van der Waals surface area contributed by atoms with E-state index in [1.807, 2.05) is 0 Å². The summed E-state index contributed by atoms with van der Waals surface area (Å²) >= 11 is 0. The lowest BCUT2D eigenvalue weighted by molar-refractivity contribution is 0.704. The molecule has 2 heteroatoms. The quantitative estimate of drug-likeness (QED) is 0.407. The minimum absolute atomic E-state index is 0.268. The van der Waals surface area contributed by atoms with Gasteiger partial charge in [0.25, 0.3) is 0 Å². The Morgan fingerprint density at radius 3 is 1.55 bits per heavy atom. The molecule has 2 aromatic carbocycles. The summed E-state index contributed by atoms with van der Waals surface area (Å²) in [5.41, 5.74) is 4.89. The highest BCUT2D eigenvalue weighted by Crippen LogP contribution is 2.72. The maximum atomic E-state index is 2.47. The Bertz CT molecular complexity index is 811. The first-order valence-corrected chi connectivity index (χ1v) is 14.1. The van der Waals surface area contributed by atoms with Crippen LogP contribution in [-0.2, 0) is 0 Å². The minimum Gasteiger partial charge on any atom is -0.0874 e.